The molecule has 0 unspecified atom stereocenters. The number of rotatable bonds is 6. The van der Waals surface area contributed by atoms with Crippen molar-refractivity contribution in [2.45, 2.75) is 101 Å². The molecule has 0 aromatic carbocycles. The van der Waals surface area contributed by atoms with Crippen LogP contribution in [0.25, 0.3) is 5.78 Å². The normalized spacial score (nSPS) is 27.8. The third-order valence-corrected chi connectivity index (χ3v) is 9.01. The zero-order valence-corrected chi connectivity index (χ0v) is 24.8. The van der Waals surface area contributed by atoms with Crippen LogP contribution in [-0.2, 0) is 9.53 Å². The molecule has 13 nitrogen and oxygen atoms in total. The van der Waals surface area contributed by atoms with Gasteiger partial charge in [-0.3, -0.25) is 9.59 Å². The van der Waals surface area contributed by atoms with Gasteiger partial charge in [0.15, 0.2) is 5.69 Å². The number of carbonyl (C=O) groups is 2. The molecule has 0 spiro atoms. The number of carbonyl (C=O) groups excluding carboxylic acids is 2. The Bertz CT molecular complexity index is 1560. The third kappa shape index (κ3) is 6.64. The van der Waals surface area contributed by atoms with Crippen LogP contribution in [0.5, 0.6) is 0 Å². The van der Waals surface area contributed by atoms with Gasteiger partial charge in [0.2, 0.25) is 5.92 Å². The van der Waals surface area contributed by atoms with E-state index in [1.165, 1.54) is 15.6 Å². The van der Waals surface area contributed by atoms with Gasteiger partial charge in [-0.25, -0.2) is 36.7 Å². The fourth-order valence-electron chi connectivity index (χ4n) is 6.37. The summed E-state index contributed by atoms with van der Waals surface area (Å²) in [4.78, 5) is 37.3. The van der Waals surface area contributed by atoms with Crippen LogP contribution in [-0.4, -0.2) is 88.4 Å². The molecule has 0 radical (unpaired) electrons. The van der Waals surface area contributed by atoms with Crippen molar-refractivity contribution >= 4 is 17.6 Å². The predicted molar refractivity (Wildman–Crippen MR) is 145 cm³/mol. The number of alkyl halides is 4. The van der Waals surface area contributed by atoms with Gasteiger partial charge in [0, 0.05) is 32.2 Å². The maximum atomic E-state index is 14.0. The minimum absolute atomic E-state index is 0.0387. The van der Waals surface area contributed by atoms with E-state index in [0.717, 1.165) is 0 Å². The van der Waals surface area contributed by atoms with Gasteiger partial charge in [-0.2, -0.15) is 5.10 Å². The number of amides is 2. The Morgan fingerprint density at radius 2 is 1.80 bits per heavy atom. The van der Waals surface area contributed by atoms with E-state index in [4.69, 9.17) is 4.74 Å². The molecule has 3 aliphatic rings. The zero-order valence-electron chi connectivity index (χ0n) is 24.8. The van der Waals surface area contributed by atoms with Crippen LogP contribution >= 0.6 is 0 Å². The number of halogens is 4. The van der Waals surface area contributed by atoms with Crippen molar-refractivity contribution in [3.05, 3.63) is 35.2 Å². The second-order valence-electron chi connectivity index (χ2n) is 12.6. The van der Waals surface area contributed by atoms with Crippen molar-refractivity contribution in [2.75, 3.05) is 13.2 Å². The molecule has 5 heterocycles. The second kappa shape index (κ2) is 11.6. The Kier molecular flexibility index (Phi) is 8.04. The van der Waals surface area contributed by atoms with Crippen molar-refractivity contribution < 1.29 is 41.6 Å². The van der Waals surface area contributed by atoms with E-state index < -0.39 is 60.5 Å². The number of aliphatic hydroxyl groups is 1. The van der Waals surface area contributed by atoms with Gasteiger partial charge in [-0.1, -0.05) is 5.16 Å². The molecule has 4 atom stereocenters. The van der Waals surface area contributed by atoms with E-state index in [2.05, 4.69) is 35.3 Å². The minimum Gasteiger partial charge on any atom is -0.390 e. The van der Waals surface area contributed by atoms with E-state index in [0.29, 0.717) is 11.4 Å². The molecule has 3 aromatic rings. The fraction of sp³-hybridized carbons (Fsp3) is 0.679. The van der Waals surface area contributed by atoms with Gasteiger partial charge in [-0.15, -0.1) is 0 Å². The van der Waals surface area contributed by atoms with Gasteiger partial charge in [0.25, 0.3) is 23.5 Å². The first-order chi connectivity index (χ1) is 21.2. The first-order valence-corrected chi connectivity index (χ1v) is 14.9. The maximum absolute atomic E-state index is 14.0. The van der Waals surface area contributed by atoms with Gasteiger partial charge in [-0.05, 0) is 50.6 Å². The molecule has 2 N–H and O–H groups in total. The number of nitrogens with one attached hydrogen (secondary N) is 1. The first kappa shape index (κ1) is 31.3. The number of hydrogen-bond donors (Lipinski definition) is 2. The second-order valence-corrected chi connectivity index (χ2v) is 12.6. The number of aryl methyl sites for hydroxylation is 1. The molecule has 1 saturated carbocycles. The van der Waals surface area contributed by atoms with Crippen LogP contribution in [0.3, 0.4) is 0 Å². The molecule has 3 fully saturated rings. The van der Waals surface area contributed by atoms with Crippen LogP contribution in [0.15, 0.2) is 17.0 Å². The van der Waals surface area contributed by atoms with Crippen molar-refractivity contribution in [2.24, 2.45) is 5.92 Å². The number of likely N-dealkylation sites (tertiary alicyclic amines) is 1. The standard InChI is InChI=1S/C28H34F4N8O5/c1-15-21(38-45-37-15)23(41)36-22(16-3-6-27(29,30)7-4-16)18-13-40-25(35-18)34-17(12-33-40)19-11-26(2,43)9-10-39(19)24(42)20-5-8-28(31,32)14-44-20/h12-13,16,19-20,22,43H,3-11,14H2,1-2H3,(H,36,41)/t19-,20-,22-,26+/m0/s1. The topological polar surface area (TPSA) is 161 Å². The molecule has 3 aromatic heterocycles. The van der Waals surface area contributed by atoms with Crippen LogP contribution in [0.4, 0.5) is 17.6 Å². The quantitative estimate of drug-likeness (QED) is 0.383. The Hall–Kier alpha value is -3.73. The third-order valence-electron chi connectivity index (χ3n) is 9.01. The highest BCUT2D eigenvalue weighted by Gasteiger charge is 2.45. The Balaban J connectivity index is 1.29. The number of piperidine rings is 1. The highest BCUT2D eigenvalue weighted by atomic mass is 19.3. The molecule has 2 aliphatic heterocycles. The smallest absolute Gasteiger partial charge is 0.276 e. The van der Waals surface area contributed by atoms with Gasteiger partial charge in [0.05, 0.1) is 41.5 Å². The van der Waals surface area contributed by atoms with Crippen LogP contribution in [0.1, 0.15) is 97.9 Å². The van der Waals surface area contributed by atoms with E-state index in [1.54, 1.807) is 20.0 Å². The SMILES string of the molecule is Cc1nonc1C(=O)N[C@H](c1cn2ncc([C@@H]3C[C@](C)(O)CCN3C(=O)[C@@H]3CCC(F)(F)CO3)nc2n1)C1CCC(F)(F)CC1. The summed E-state index contributed by atoms with van der Waals surface area (Å²) < 4.78 is 66.6. The van der Waals surface area contributed by atoms with Crippen molar-refractivity contribution in [3.63, 3.8) is 0 Å². The lowest BCUT2D eigenvalue weighted by molar-refractivity contribution is -0.175. The largest absolute Gasteiger partial charge is 0.390 e. The summed E-state index contributed by atoms with van der Waals surface area (Å²) in [6, 6.07) is -1.53. The zero-order chi connectivity index (χ0) is 32.1. The average molecular weight is 639 g/mol. The monoisotopic (exact) mass is 638 g/mol. The molecule has 6 rings (SSSR count). The maximum Gasteiger partial charge on any atom is 0.276 e. The lowest BCUT2D eigenvalue weighted by atomic mass is 9.81. The lowest BCUT2D eigenvalue weighted by Crippen LogP contribution is -2.52. The molecule has 1 aliphatic carbocycles. The van der Waals surface area contributed by atoms with E-state index in [9.17, 15) is 32.3 Å². The molecule has 0 bridgehead atoms. The summed E-state index contributed by atoms with van der Waals surface area (Å²) in [5.74, 6) is -7.10. The average Bonchev–Trinajstić information content (AvgIpc) is 3.61. The summed E-state index contributed by atoms with van der Waals surface area (Å²) in [6.45, 7) is 2.50. The van der Waals surface area contributed by atoms with E-state index >= 15 is 0 Å². The van der Waals surface area contributed by atoms with Crippen molar-refractivity contribution in [1.29, 1.82) is 0 Å². The molecule has 2 amide bonds. The Labute approximate surface area is 254 Å². The number of ether oxygens (including phenoxy) is 1. The number of fused-ring (bicyclic) bond motifs is 1. The molecule has 45 heavy (non-hydrogen) atoms. The van der Waals surface area contributed by atoms with Crippen molar-refractivity contribution in [3.8, 4) is 0 Å². The summed E-state index contributed by atoms with van der Waals surface area (Å²) in [7, 11) is 0. The fourth-order valence-corrected chi connectivity index (χ4v) is 6.37. The molecule has 244 valence electrons. The first-order valence-electron chi connectivity index (χ1n) is 14.9. The number of imidazole rings is 1. The van der Waals surface area contributed by atoms with Gasteiger partial charge < -0.3 is 20.1 Å². The number of nitrogens with zero attached hydrogens (tertiary/aromatic N) is 7. The van der Waals surface area contributed by atoms with Crippen LogP contribution in [0.2, 0.25) is 0 Å². The van der Waals surface area contributed by atoms with Gasteiger partial charge in [0.1, 0.15) is 18.4 Å². The Morgan fingerprint density at radius 3 is 2.47 bits per heavy atom. The highest BCUT2D eigenvalue weighted by Crippen LogP contribution is 2.42. The van der Waals surface area contributed by atoms with Gasteiger partial charge >= 0.3 is 0 Å². The van der Waals surface area contributed by atoms with Crippen LogP contribution < -0.4 is 5.32 Å². The molecular weight excluding hydrogens is 604 g/mol. The van der Waals surface area contributed by atoms with E-state index in [-0.39, 0.29) is 74.6 Å². The van der Waals surface area contributed by atoms with Crippen LogP contribution in [0, 0.1) is 12.8 Å². The lowest BCUT2D eigenvalue weighted by Gasteiger charge is -2.43. The number of hydrogen-bond acceptors (Lipinski definition) is 10. The molecule has 2 saturated heterocycles. The summed E-state index contributed by atoms with van der Waals surface area (Å²) >= 11 is 0. The summed E-state index contributed by atoms with van der Waals surface area (Å²) in [5.41, 5.74) is -0.258. The summed E-state index contributed by atoms with van der Waals surface area (Å²) in [5, 5.41) is 25.4. The predicted octanol–water partition coefficient (Wildman–Crippen LogP) is 3.34. The van der Waals surface area contributed by atoms with Crippen molar-refractivity contribution in [1.82, 2.24) is 40.1 Å². The minimum atomic E-state index is -2.99. The Morgan fingerprint density at radius 1 is 1.07 bits per heavy atom. The number of aromatic nitrogens is 6. The van der Waals surface area contributed by atoms with E-state index in [1.807, 2.05) is 0 Å². The summed E-state index contributed by atoms with van der Waals surface area (Å²) in [6.07, 6.45) is 1.31. The highest BCUT2D eigenvalue weighted by molar-refractivity contribution is 5.93. The molecular formula is C28H34F4N8O5. The molecule has 17 heteroatoms.